The van der Waals surface area contributed by atoms with Crippen molar-refractivity contribution in [1.82, 2.24) is 10.3 Å². The van der Waals surface area contributed by atoms with Crippen LogP contribution in [0.25, 0.3) is 0 Å². The number of nitrogens with zero attached hydrogens (tertiary/aromatic N) is 3. The Labute approximate surface area is 163 Å². The van der Waals surface area contributed by atoms with E-state index in [0.717, 1.165) is 44.9 Å². The van der Waals surface area contributed by atoms with Crippen molar-refractivity contribution in [1.29, 1.82) is 0 Å². The molecule has 1 saturated carbocycles. The number of methoxy groups -OCH3 is 1. The minimum Gasteiger partial charge on any atom is -0.496 e. The van der Waals surface area contributed by atoms with Crippen LogP contribution in [0, 0.1) is 0 Å². The summed E-state index contributed by atoms with van der Waals surface area (Å²) in [4.78, 5) is 2.57. The molecule has 2 fully saturated rings. The Hall–Kier alpha value is -1.75. The van der Waals surface area contributed by atoms with Crippen LogP contribution in [0.1, 0.15) is 62.0 Å². The zero-order chi connectivity index (χ0) is 18.6. The monoisotopic (exact) mass is 370 g/mol. The second-order valence-corrected chi connectivity index (χ2v) is 8.21. The number of nitrogens with one attached hydrogen (secondary N) is 1. The van der Waals surface area contributed by atoms with Crippen molar-refractivity contribution < 1.29 is 4.74 Å². The Morgan fingerprint density at radius 1 is 1.04 bits per heavy atom. The van der Waals surface area contributed by atoms with Crippen LogP contribution in [-0.4, -0.2) is 57.6 Å². The summed E-state index contributed by atoms with van der Waals surface area (Å²) < 4.78 is 5.99. The van der Waals surface area contributed by atoms with E-state index in [0.29, 0.717) is 5.92 Å². The molecule has 2 heterocycles. The van der Waals surface area contributed by atoms with E-state index in [2.05, 4.69) is 29.4 Å². The molecule has 2 aliphatic heterocycles. The van der Waals surface area contributed by atoms with Gasteiger partial charge in [-0.1, -0.05) is 25.7 Å². The average molecular weight is 371 g/mol. The Balaban J connectivity index is 1.78. The predicted octanol–water partition coefficient (Wildman–Crippen LogP) is 3.58. The summed E-state index contributed by atoms with van der Waals surface area (Å²) in [7, 11) is 3.89. The van der Waals surface area contributed by atoms with Gasteiger partial charge < -0.3 is 15.0 Å². The summed E-state index contributed by atoms with van der Waals surface area (Å²) in [6.45, 7) is 5.25. The van der Waals surface area contributed by atoms with Gasteiger partial charge in [0.25, 0.3) is 0 Å². The van der Waals surface area contributed by atoms with Crippen LogP contribution in [0.3, 0.4) is 0 Å². The van der Waals surface area contributed by atoms with E-state index in [-0.39, 0.29) is 0 Å². The van der Waals surface area contributed by atoms with Gasteiger partial charge in [0.15, 0.2) is 0 Å². The van der Waals surface area contributed by atoms with E-state index in [1.807, 2.05) is 12.1 Å². The van der Waals surface area contributed by atoms with Gasteiger partial charge in [-0.3, -0.25) is 5.01 Å². The van der Waals surface area contributed by atoms with Crippen LogP contribution in [0.5, 0.6) is 5.75 Å². The fraction of sp³-hybridized carbons (Fsp3) is 0.682. The largest absolute Gasteiger partial charge is 0.496 e. The molecule has 5 nitrogen and oxygen atoms in total. The van der Waals surface area contributed by atoms with Crippen molar-refractivity contribution >= 4 is 11.4 Å². The molecule has 0 spiro atoms. The third-order valence-electron chi connectivity index (χ3n) is 6.36. The first-order chi connectivity index (χ1) is 13.3. The number of ether oxygens (including phenoxy) is 1. The predicted molar refractivity (Wildman–Crippen MR) is 112 cm³/mol. The molecule has 1 N–H and O–H groups in total. The third kappa shape index (κ3) is 4.08. The first-order valence-corrected chi connectivity index (χ1v) is 10.7. The van der Waals surface area contributed by atoms with E-state index < -0.39 is 0 Å². The number of anilines is 1. The van der Waals surface area contributed by atoms with Crippen LogP contribution < -0.4 is 15.0 Å². The lowest BCUT2D eigenvalue weighted by molar-refractivity contribution is 0.393. The molecule has 1 aromatic carbocycles. The van der Waals surface area contributed by atoms with Crippen molar-refractivity contribution in [3.63, 3.8) is 0 Å². The molecule has 0 bridgehead atoms. The normalized spacial score (nSPS) is 21.9. The van der Waals surface area contributed by atoms with E-state index in [1.54, 1.807) is 0 Å². The standard InChI is InChI=1S/C22H34N4O/c1-25-12-9-19(24-25)18-15-20(26-13-10-23-11-14-26)22(21(16-18)27-2)17-7-5-3-4-6-8-17/h15-17,23H,3-14H2,1-2H3. The van der Waals surface area contributed by atoms with Gasteiger partial charge in [0.05, 0.1) is 12.8 Å². The minimum absolute atomic E-state index is 0.620. The van der Waals surface area contributed by atoms with Gasteiger partial charge in [-0.05, 0) is 30.9 Å². The quantitative estimate of drug-likeness (QED) is 0.823. The SMILES string of the molecule is COc1cc(C2=NN(C)CC2)cc(N2CCNCC2)c1C1CCCCCC1. The number of piperazine rings is 1. The molecular formula is C22H34N4O. The molecule has 1 aromatic rings. The summed E-state index contributed by atoms with van der Waals surface area (Å²) in [5, 5.41) is 10.3. The highest BCUT2D eigenvalue weighted by atomic mass is 16.5. The number of hydrogen-bond donors (Lipinski definition) is 1. The lowest BCUT2D eigenvalue weighted by Crippen LogP contribution is -2.44. The van der Waals surface area contributed by atoms with Gasteiger partial charge in [0.2, 0.25) is 0 Å². The maximum absolute atomic E-state index is 5.99. The zero-order valence-corrected chi connectivity index (χ0v) is 17.0. The van der Waals surface area contributed by atoms with E-state index >= 15 is 0 Å². The van der Waals surface area contributed by atoms with Gasteiger partial charge in [-0.2, -0.15) is 5.10 Å². The van der Waals surface area contributed by atoms with Crippen LogP contribution in [0.2, 0.25) is 0 Å². The van der Waals surface area contributed by atoms with E-state index in [9.17, 15) is 0 Å². The van der Waals surface area contributed by atoms with Crippen molar-refractivity contribution in [2.24, 2.45) is 5.10 Å². The second-order valence-electron chi connectivity index (χ2n) is 8.21. The van der Waals surface area contributed by atoms with Crippen molar-refractivity contribution in [3.8, 4) is 5.75 Å². The van der Waals surface area contributed by atoms with Crippen LogP contribution in [0.15, 0.2) is 17.2 Å². The highest BCUT2D eigenvalue weighted by molar-refractivity contribution is 6.02. The molecule has 4 rings (SSSR count). The Kier molecular flexibility index (Phi) is 5.86. The molecule has 0 atom stereocenters. The van der Waals surface area contributed by atoms with Crippen LogP contribution in [0.4, 0.5) is 5.69 Å². The van der Waals surface area contributed by atoms with Gasteiger partial charge in [0, 0.05) is 63.0 Å². The summed E-state index contributed by atoms with van der Waals surface area (Å²) in [6, 6.07) is 4.66. The first-order valence-electron chi connectivity index (χ1n) is 10.7. The summed E-state index contributed by atoms with van der Waals surface area (Å²) >= 11 is 0. The van der Waals surface area contributed by atoms with Gasteiger partial charge in [-0.25, -0.2) is 0 Å². The fourth-order valence-electron chi connectivity index (χ4n) is 4.87. The Morgan fingerprint density at radius 2 is 1.78 bits per heavy atom. The smallest absolute Gasteiger partial charge is 0.125 e. The summed E-state index contributed by atoms with van der Waals surface area (Å²) in [6.07, 6.45) is 9.04. The molecular weight excluding hydrogens is 336 g/mol. The zero-order valence-electron chi connectivity index (χ0n) is 17.0. The highest BCUT2D eigenvalue weighted by Gasteiger charge is 2.27. The van der Waals surface area contributed by atoms with Gasteiger partial charge >= 0.3 is 0 Å². The molecule has 0 radical (unpaired) electrons. The van der Waals surface area contributed by atoms with E-state index in [4.69, 9.17) is 9.84 Å². The lowest BCUT2D eigenvalue weighted by atomic mass is 9.87. The number of rotatable bonds is 4. The second kappa shape index (κ2) is 8.51. The van der Waals surface area contributed by atoms with Crippen molar-refractivity contribution in [2.75, 3.05) is 51.8 Å². The van der Waals surface area contributed by atoms with Crippen molar-refractivity contribution in [2.45, 2.75) is 50.9 Å². The molecule has 0 amide bonds. The topological polar surface area (TPSA) is 40.1 Å². The minimum atomic E-state index is 0.620. The molecule has 0 aromatic heterocycles. The molecule has 148 valence electrons. The van der Waals surface area contributed by atoms with Crippen LogP contribution in [-0.2, 0) is 0 Å². The molecule has 3 aliphatic rings. The number of hydrazone groups is 1. The first kappa shape index (κ1) is 18.6. The molecule has 5 heteroatoms. The van der Waals surface area contributed by atoms with Crippen molar-refractivity contribution in [3.05, 3.63) is 23.3 Å². The fourth-order valence-corrected chi connectivity index (χ4v) is 4.87. The van der Waals surface area contributed by atoms with Gasteiger partial charge in [0.1, 0.15) is 5.75 Å². The average Bonchev–Trinajstić information content (AvgIpc) is 2.98. The molecule has 1 saturated heterocycles. The number of benzene rings is 1. The summed E-state index contributed by atoms with van der Waals surface area (Å²) in [5.74, 6) is 1.69. The Morgan fingerprint density at radius 3 is 2.41 bits per heavy atom. The maximum atomic E-state index is 5.99. The summed E-state index contributed by atoms with van der Waals surface area (Å²) in [5.41, 5.74) is 5.29. The highest BCUT2D eigenvalue weighted by Crippen LogP contribution is 2.43. The lowest BCUT2D eigenvalue weighted by Gasteiger charge is -2.34. The Bertz CT molecular complexity index is 673. The maximum Gasteiger partial charge on any atom is 0.125 e. The molecule has 1 aliphatic carbocycles. The molecule has 27 heavy (non-hydrogen) atoms. The molecule has 0 unspecified atom stereocenters. The number of hydrogen-bond acceptors (Lipinski definition) is 5. The van der Waals surface area contributed by atoms with Crippen LogP contribution >= 0.6 is 0 Å². The third-order valence-corrected chi connectivity index (χ3v) is 6.36. The van der Waals surface area contributed by atoms with E-state index in [1.165, 1.54) is 61.1 Å². The van der Waals surface area contributed by atoms with Gasteiger partial charge in [-0.15, -0.1) is 0 Å².